The Morgan fingerprint density at radius 2 is 0.898 bits per heavy atom. The van der Waals surface area contributed by atoms with E-state index in [1.165, 1.54) is 49.1 Å². The van der Waals surface area contributed by atoms with E-state index in [2.05, 4.69) is 91.0 Å². The molecular formula is C45H28N2O2. The zero-order chi connectivity index (χ0) is 32.7. The molecule has 0 saturated carbocycles. The Balaban J connectivity index is 1.28. The molecule has 0 saturated heterocycles. The molecule has 4 nitrogen and oxygen atoms in total. The summed E-state index contributed by atoms with van der Waals surface area (Å²) in [5, 5.41) is 0.472. The number of fused-ring (bicyclic) bond motifs is 11. The lowest BCUT2D eigenvalue weighted by atomic mass is 9.70. The first kappa shape index (κ1) is 27.6. The molecule has 2 aliphatic carbocycles. The minimum Gasteiger partial charge on any atom is -0.268 e. The van der Waals surface area contributed by atoms with Crippen LogP contribution in [0.15, 0.2) is 179 Å². The van der Waals surface area contributed by atoms with Gasteiger partial charge < -0.3 is 0 Å². The van der Waals surface area contributed by atoms with Crippen LogP contribution in [-0.4, -0.2) is 9.13 Å². The summed E-state index contributed by atoms with van der Waals surface area (Å²) in [5.74, 6) is 0. The monoisotopic (exact) mass is 628 g/mol. The van der Waals surface area contributed by atoms with Crippen LogP contribution in [0.2, 0.25) is 0 Å². The molecule has 0 amide bonds. The molecule has 230 valence electrons. The summed E-state index contributed by atoms with van der Waals surface area (Å²) < 4.78 is 2.92. The Kier molecular flexibility index (Phi) is 5.76. The van der Waals surface area contributed by atoms with Gasteiger partial charge in [-0.05, 0) is 92.0 Å². The van der Waals surface area contributed by atoms with E-state index in [1.807, 2.05) is 66.7 Å². The van der Waals surface area contributed by atoms with Crippen molar-refractivity contribution in [1.29, 1.82) is 0 Å². The Morgan fingerprint density at radius 1 is 0.408 bits per heavy atom. The van der Waals surface area contributed by atoms with E-state index in [-0.39, 0.29) is 5.56 Å². The van der Waals surface area contributed by atoms with Gasteiger partial charge in [0.2, 0.25) is 0 Å². The van der Waals surface area contributed by atoms with Crippen LogP contribution in [0.4, 0.5) is 0 Å². The van der Waals surface area contributed by atoms with Crippen LogP contribution in [0.1, 0.15) is 22.3 Å². The lowest BCUT2D eigenvalue weighted by Crippen LogP contribution is -2.38. The lowest BCUT2D eigenvalue weighted by Gasteiger charge is -2.30. The first-order valence-electron chi connectivity index (χ1n) is 16.5. The third-order valence-electron chi connectivity index (χ3n) is 10.4. The fourth-order valence-electron chi connectivity index (χ4n) is 8.50. The van der Waals surface area contributed by atoms with Gasteiger partial charge in [-0.1, -0.05) is 133 Å². The molecule has 0 N–H and O–H groups in total. The average Bonchev–Trinajstić information content (AvgIpc) is 3.63. The Morgan fingerprint density at radius 3 is 1.53 bits per heavy atom. The van der Waals surface area contributed by atoms with E-state index in [0.717, 1.165) is 11.1 Å². The second-order valence-electron chi connectivity index (χ2n) is 12.8. The van der Waals surface area contributed by atoms with Gasteiger partial charge in [0.1, 0.15) is 0 Å². The van der Waals surface area contributed by atoms with Crippen LogP contribution in [0, 0.1) is 0 Å². The Hall–Kier alpha value is -6.52. The van der Waals surface area contributed by atoms with Crippen molar-refractivity contribution >= 4 is 10.9 Å². The maximum absolute atomic E-state index is 14.4. The fourth-order valence-corrected chi connectivity index (χ4v) is 8.50. The van der Waals surface area contributed by atoms with Gasteiger partial charge in [-0.25, -0.2) is 9.36 Å². The molecule has 0 fully saturated rings. The van der Waals surface area contributed by atoms with E-state index in [9.17, 15) is 9.59 Å². The summed E-state index contributed by atoms with van der Waals surface area (Å²) in [6.07, 6.45) is 0. The smallest absolute Gasteiger partial charge is 0.268 e. The minimum absolute atomic E-state index is 0.344. The molecule has 2 aliphatic rings. The van der Waals surface area contributed by atoms with Crippen molar-refractivity contribution in [3.8, 4) is 44.8 Å². The number of rotatable bonds is 3. The maximum atomic E-state index is 14.4. The summed E-state index contributed by atoms with van der Waals surface area (Å²) >= 11 is 0. The summed E-state index contributed by atoms with van der Waals surface area (Å²) in [5.41, 5.74) is 12.5. The number of nitrogens with zero attached hydrogens (tertiary/aromatic N) is 2. The summed E-state index contributed by atoms with van der Waals surface area (Å²) in [6.45, 7) is 0. The van der Waals surface area contributed by atoms with Crippen LogP contribution in [0.5, 0.6) is 0 Å². The molecule has 1 aromatic heterocycles. The fraction of sp³-hybridized carbons (Fsp3) is 0.0222. The largest absolute Gasteiger partial charge is 0.340 e. The zero-order valence-electron chi connectivity index (χ0n) is 26.4. The Bertz CT molecular complexity index is 2710. The van der Waals surface area contributed by atoms with Crippen molar-refractivity contribution in [3.05, 3.63) is 213 Å². The minimum atomic E-state index is -0.459. The average molecular weight is 629 g/mol. The van der Waals surface area contributed by atoms with E-state index >= 15 is 0 Å². The topological polar surface area (TPSA) is 44.0 Å². The van der Waals surface area contributed by atoms with Gasteiger partial charge in [0, 0.05) is 0 Å². The molecule has 49 heavy (non-hydrogen) atoms. The zero-order valence-corrected chi connectivity index (χ0v) is 26.4. The third-order valence-corrected chi connectivity index (χ3v) is 10.4. The van der Waals surface area contributed by atoms with Crippen molar-refractivity contribution < 1.29 is 0 Å². The first-order valence-corrected chi connectivity index (χ1v) is 16.5. The van der Waals surface area contributed by atoms with Crippen molar-refractivity contribution in [2.45, 2.75) is 5.41 Å². The lowest BCUT2D eigenvalue weighted by molar-refractivity contribution is 0.794. The summed E-state index contributed by atoms with van der Waals surface area (Å²) in [4.78, 5) is 28.5. The molecule has 1 spiro atoms. The van der Waals surface area contributed by atoms with Crippen LogP contribution < -0.4 is 11.2 Å². The number of hydrogen-bond acceptors (Lipinski definition) is 2. The molecule has 8 aromatic rings. The van der Waals surface area contributed by atoms with Crippen LogP contribution in [0.3, 0.4) is 0 Å². The summed E-state index contributed by atoms with van der Waals surface area (Å²) in [7, 11) is 0. The van der Waals surface area contributed by atoms with Crippen molar-refractivity contribution in [3.63, 3.8) is 0 Å². The molecule has 0 aliphatic heterocycles. The van der Waals surface area contributed by atoms with Gasteiger partial charge >= 0.3 is 5.69 Å². The van der Waals surface area contributed by atoms with E-state index in [4.69, 9.17) is 0 Å². The SMILES string of the molecule is O=c1c2cc(-c3cccc4c3-c3ccccc3C43c4ccccc4-c4ccccc43)ccc2n(-c2ccccc2)c(=O)n1-c1ccccc1. The molecule has 4 heteroatoms. The number of para-hydroxylation sites is 2. The number of hydrogen-bond donors (Lipinski definition) is 0. The van der Waals surface area contributed by atoms with E-state index in [1.54, 1.807) is 16.7 Å². The van der Waals surface area contributed by atoms with Crippen molar-refractivity contribution in [2.24, 2.45) is 0 Å². The van der Waals surface area contributed by atoms with Crippen LogP contribution in [-0.2, 0) is 5.41 Å². The van der Waals surface area contributed by atoms with E-state index in [0.29, 0.717) is 22.3 Å². The first-order chi connectivity index (χ1) is 24.2. The standard InChI is InChI=1S/C45H28N2O2/c48-43-36-28-29(26-27-41(36)46(30-14-3-1-4-15-30)44(49)47(43)31-16-5-2-6-17-31)32-21-13-25-40-42(32)35-20-9-12-24-39(35)45(40)37-22-10-7-18-33(37)34-19-8-11-23-38(34)45/h1-28H. The van der Waals surface area contributed by atoms with Gasteiger partial charge in [0.05, 0.1) is 27.7 Å². The Labute approximate surface area is 282 Å². The second kappa shape index (κ2) is 10.2. The van der Waals surface area contributed by atoms with E-state index < -0.39 is 11.1 Å². The quantitative estimate of drug-likeness (QED) is 0.196. The van der Waals surface area contributed by atoms with Gasteiger partial charge in [-0.15, -0.1) is 0 Å². The molecule has 1 heterocycles. The normalized spacial score (nSPS) is 13.2. The number of benzene rings is 7. The molecule has 7 aromatic carbocycles. The highest BCUT2D eigenvalue weighted by molar-refractivity contribution is 6.00. The van der Waals surface area contributed by atoms with Gasteiger partial charge in [0.25, 0.3) is 5.56 Å². The number of aromatic nitrogens is 2. The molecule has 0 unspecified atom stereocenters. The highest BCUT2D eigenvalue weighted by Crippen LogP contribution is 2.63. The van der Waals surface area contributed by atoms with Crippen LogP contribution in [0.25, 0.3) is 55.7 Å². The van der Waals surface area contributed by atoms with Gasteiger partial charge in [-0.3, -0.25) is 9.36 Å². The molecule has 10 rings (SSSR count). The molecule has 0 radical (unpaired) electrons. The van der Waals surface area contributed by atoms with Gasteiger partial charge in [-0.2, -0.15) is 0 Å². The van der Waals surface area contributed by atoms with Gasteiger partial charge in [0.15, 0.2) is 0 Å². The third kappa shape index (κ3) is 3.63. The predicted octanol–water partition coefficient (Wildman–Crippen LogP) is 9.15. The summed E-state index contributed by atoms with van der Waals surface area (Å²) in [6, 6.07) is 57.5. The highest BCUT2D eigenvalue weighted by Gasteiger charge is 2.51. The molecule has 0 bridgehead atoms. The van der Waals surface area contributed by atoms with Crippen molar-refractivity contribution in [2.75, 3.05) is 0 Å². The van der Waals surface area contributed by atoms with Crippen LogP contribution >= 0.6 is 0 Å². The molecular weight excluding hydrogens is 601 g/mol. The maximum Gasteiger partial charge on any atom is 0.340 e. The molecule has 0 atom stereocenters. The second-order valence-corrected chi connectivity index (χ2v) is 12.8. The van der Waals surface area contributed by atoms with Crippen molar-refractivity contribution in [1.82, 2.24) is 9.13 Å². The predicted molar refractivity (Wildman–Crippen MR) is 197 cm³/mol. The highest BCUT2D eigenvalue weighted by atomic mass is 16.2.